The average molecular weight is 537 g/mol. The van der Waals surface area contributed by atoms with Gasteiger partial charge in [-0.3, -0.25) is 0 Å². The third-order valence-corrected chi connectivity index (χ3v) is 9.02. The van der Waals surface area contributed by atoms with Crippen molar-refractivity contribution >= 4 is 54.4 Å². The Hall–Kier alpha value is -5.34. The number of benzene rings is 6. The lowest BCUT2D eigenvalue weighted by molar-refractivity contribution is 0.843. The summed E-state index contributed by atoms with van der Waals surface area (Å²) in [5.74, 6) is 0.362. The Morgan fingerprint density at radius 3 is 1.88 bits per heavy atom. The molecule has 0 fully saturated rings. The van der Waals surface area contributed by atoms with Gasteiger partial charge in [-0.25, -0.2) is 0 Å². The van der Waals surface area contributed by atoms with Crippen molar-refractivity contribution in [2.24, 2.45) is 0 Å². The Balaban J connectivity index is 1.39. The van der Waals surface area contributed by atoms with Crippen molar-refractivity contribution in [1.82, 2.24) is 9.13 Å². The largest absolute Gasteiger partial charge is 0.309 e. The lowest BCUT2D eigenvalue weighted by Gasteiger charge is -2.20. The molecule has 0 spiro atoms. The van der Waals surface area contributed by atoms with Gasteiger partial charge in [-0.2, -0.15) is 0 Å². The van der Waals surface area contributed by atoms with Gasteiger partial charge in [-0.15, -0.1) is 0 Å². The average Bonchev–Trinajstić information content (AvgIpc) is 3.56. The van der Waals surface area contributed by atoms with Crippen molar-refractivity contribution in [1.29, 1.82) is 0 Å². The van der Waals surface area contributed by atoms with Gasteiger partial charge in [0.1, 0.15) is 0 Å². The molecule has 0 N–H and O–H groups in total. The van der Waals surface area contributed by atoms with E-state index in [1.807, 2.05) is 0 Å². The smallest absolute Gasteiger partial charge is 0.0548 e. The summed E-state index contributed by atoms with van der Waals surface area (Å²) in [5.41, 5.74) is 8.75. The summed E-state index contributed by atoms with van der Waals surface area (Å²) in [6.45, 7) is 0. The predicted octanol–water partition coefficient (Wildman–Crippen LogP) is 10.6. The summed E-state index contributed by atoms with van der Waals surface area (Å²) in [5, 5.41) is 7.60. The molecule has 2 heterocycles. The van der Waals surface area contributed by atoms with E-state index in [0.717, 1.165) is 6.42 Å². The molecular formula is C40H28N2. The Kier molecular flexibility index (Phi) is 5.06. The molecular weight excluding hydrogens is 508 g/mol. The minimum atomic E-state index is 0.362. The maximum Gasteiger partial charge on any atom is 0.0548 e. The number of aromatic nitrogens is 2. The van der Waals surface area contributed by atoms with Gasteiger partial charge in [0.2, 0.25) is 0 Å². The van der Waals surface area contributed by atoms with E-state index in [4.69, 9.17) is 0 Å². The monoisotopic (exact) mass is 536 g/mol. The predicted molar refractivity (Wildman–Crippen MR) is 178 cm³/mol. The van der Waals surface area contributed by atoms with Crippen molar-refractivity contribution in [3.8, 4) is 11.4 Å². The second kappa shape index (κ2) is 9.09. The number of hydrogen-bond donors (Lipinski definition) is 0. The highest BCUT2D eigenvalue weighted by molar-refractivity contribution is 6.19. The first-order valence-electron chi connectivity index (χ1n) is 14.7. The van der Waals surface area contributed by atoms with E-state index in [-0.39, 0.29) is 0 Å². The van der Waals surface area contributed by atoms with E-state index >= 15 is 0 Å². The normalized spacial score (nSPS) is 15.1. The highest BCUT2D eigenvalue weighted by Crippen LogP contribution is 2.41. The van der Waals surface area contributed by atoms with Gasteiger partial charge >= 0.3 is 0 Å². The van der Waals surface area contributed by atoms with Crippen LogP contribution in [0.1, 0.15) is 17.9 Å². The molecule has 0 saturated heterocycles. The number of allylic oxidation sites excluding steroid dienone is 4. The van der Waals surface area contributed by atoms with Gasteiger partial charge in [-0.1, -0.05) is 109 Å². The van der Waals surface area contributed by atoms with Gasteiger partial charge in [0, 0.05) is 38.8 Å². The minimum Gasteiger partial charge on any atom is -0.309 e. The van der Waals surface area contributed by atoms with Crippen molar-refractivity contribution in [3.63, 3.8) is 0 Å². The molecule has 2 aromatic heterocycles. The van der Waals surface area contributed by atoms with Crippen molar-refractivity contribution < 1.29 is 0 Å². The summed E-state index contributed by atoms with van der Waals surface area (Å²) < 4.78 is 4.93. The minimum absolute atomic E-state index is 0.362. The molecule has 0 saturated carbocycles. The number of para-hydroxylation sites is 3. The third kappa shape index (κ3) is 3.39. The lowest BCUT2D eigenvalue weighted by Crippen LogP contribution is -2.04. The maximum absolute atomic E-state index is 2.49. The van der Waals surface area contributed by atoms with Crippen LogP contribution in [0.2, 0.25) is 0 Å². The zero-order valence-electron chi connectivity index (χ0n) is 23.1. The van der Waals surface area contributed by atoms with Crippen LogP contribution in [0.5, 0.6) is 0 Å². The van der Waals surface area contributed by atoms with Crippen molar-refractivity contribution in [2.45, 2.75) is 12.3 Å². The van der Waals surface area contributed by atoms with Crippen LogP contribution in [-0.4, -0.2) is 9.13 Å². The fraction of sp³-hybridized carbons (Fsp3) is 0.0500. The number of rotatable bonds is 3. The SMILES string of the molecule is C1=CCC(c2ccccc2-n2c3ccccc3c3cc4c(cc32)c2ccccc2n4-c2ccc3ccccc3c2)C=C1. The molecule has 6 aromatic carbocycles. The molecule has 2 heteroatoms. The van der Waals surface area contributed by atoms with Gasteiger partial charge in [0.15, 0.2) is 0 Å². The van der Waals surface area contributed by atoms with Gasteiger partial charge in [-0.05, 0) is 65.2 Å². The molecule has 0 bridgehead atoms. The molecule has 1 unspecified atom stereocenters. The highest BCUT2D eigenvalue weighted by atomic mass is 15.0. The first-order valence-corrected chi connectivity index (χ1v) is 14.7. The van der Waals surface area contributed by atoms with E-state index in [1.54, 1.807) is 0 Å². The van der Waals surface area contributed by atoms with Gasteiger partial charge < -0.3 is 9.13 Å². The quantitative estimate of drug-likeness (QED) is 0.213. The van der Waals surface area contributed by atoms with Crippen LogP contribution in [-0.2, 0) is 0 Å². The molecule has 1 aliphatic rings. The van der Waals surface area contributed by atoms with Crippen LogP contribution in [0.3, 0.4) is 0 Å². The fourth-order valence-corrected chi connectivity index (χ4v) is 7.10. The molecule has 198 valence electrons. The third-order valence-electron chi connectivity index (χ3n) is 9.02. The lowest BCUT2D eigenvalue weighted by atomic mass is 9.91. The Morgan fingerprint density at radius 1 is 0.476 bits per heavy atom. The Bertz CT molecular complexity index is 2400. The summed E-state index contributed by atoms with van der Waals surface area (Å²) in [4.78, 5) is 0. The second-order valence-electron chi connectivity index (χ2n) is 11.3. The van der Waals surface area contributed by atoms with Crippen LogP contribution >= 0.6 is 0 Å². The number of nitrogens with zero attached hydrogens (tertiary/aromatic N) is 2. The topological polar surface area (TPSA) is 9.86 Å². The summed E-state index contributed by atoms with van der Waals surface area (Å²) >= 11 is 0. The maximum atomic E-state index is 2.49. The summed E-state index contributed by atoms with van der Waals surface area (Å²) in [6.07, 6.45) is 9.97. The number of hydrogen-bond acceptors (Lipinski definition) is 0. The van der Waals surface area contributed by atoms with Crippen LogP contribution in [0.25, 0.3) is 65.8 Å². The Labute approximate surface area is 244 Å². The first kappa shape index (κ1) is 23.4. The molecule has 8 aromatic rings. The zero-order valence-corrected chi connectivity index (χ0v) is 23.1. The van der Waals surface area contributed by atoms with Crippen LogP contribution in [0, 0.1) is 0 Å². The van der Waals surface area contributed by atoms with E-state index in [2.05, 4.69) is 161 Å². The molecule has 42 heavy (non-hydrogen) atoms. The van der Waals surface area contributed by atoms with Gasteiger partial charge in [0.25, 0.3) is 0 Å². The van der Waals surface area contributed by atoms with Crippen molar-refractivity contribution in [2.75, 3.05) is 0 Å². The van der Waals surface area contributed by atoms with Gasteiger partial charge in [0.05, 0.1) is 22.1 Å². The molecule has 0 radical (unpaired) electrons. The van der Waals surface area contributed by atoms with Crippen LogP contribution in [0.15, 0.2) is 152 Å². The first-order chi connectivity index (χ1) is 20.8. The molecule has 9 rings (SSSR count). The molecule has 0 aliphatic heterocycles. The standard InChI is InChI=1S/C40H28N2/c1-2-13-28(14-3-1)31-16-6-9-19-36(31)42-38-21-11-8-18-33(38)35-25-39-34(26-40(35)42)32-17-7-10-20-37(32)41(39)30-23-22-27-12-4-5-15-29(27)24-30/h1-13,15-26,28H,14H2. The number of fused-ring (bicyclic) bond motifs is 7. The van der Waals surface area contributed by atoms with Crippen LogP contribution < -0.4 is 0 Å². The summed E-state index contributed by atoms with van der Waals surface area (Å²) in [7, 11) is 0. The van der Waals surface area contributed by atoms with E-state index in [9.17, 15) is 0 Å². The van der Waals surface area contributed by atoms with E-state index < -0.39 is 0 Å². The fourth-order valence-electron chi connectivity index (χ4n) is 7.10. The Morgan fingerprint density at radius 2 is 1.12 bits per heavy atom. The van der Waals surface area contributed by atoms with E-state index in [0.29, 0.717) is 5.92 Å². The zero-order chi connectivity index (χ0) is 27.6. The molecule has 1 atom stereocenters. The molecule has 2 nitrogen and oxygen atoms in total. The summed E-state index contributed by atoms with van der Waals surface area (Å²) in [6, 6.07) is 46.9. The highest BCUT2D eigenvalue weighted by Gasteiger charge is 2.21. The van der Waals surface area contributed by atoms with Crippen molar-refractivity contribution in [3.05, 3.63) is 157 Å². The second-order valence-corrected chi connectivity index (χ2v) is 11.3. The molecule has 1 aliphatic carbocycles. The van der Waals surface area contributed by atoms with E-state index in [1.165, 1.54) is 71.3 Å². The molecule has 0 amide bonds. The van der Waals surface area contributed by atoms with Crippen LogP contribution in [0.4, 0.5) is 0 Å².